The average Bonchev–Trinajstić information content (AvgIpc) is 2.64. The van der Waals surface area contributed by atoms with E-state index in [1.807, 2.05) is 0 Å². The Balaban J connectivity index is 1.63. The van der Waals surface area contributed by atoms with E-state index >= 15 is 0 Å². The second-order valence-electron chi connectivity index (χ2n) is 6.05. The second-order valence-corrected chi connectivity index (χ2v) is 6.49. The fraction of sp³-hybridized carbons (Fsp3) is 0.556. The van der Waals surface area contributed by atoms with Gasteiger partial charge in [-0.15, -0.1) is 0 Å². The molecule has 0 spiro atoms. The summed E-state index contributed by atoms with van der Waals surface area (Å²) in [5.41, 5.74) is 0. The number of amides is 2. The van der Waals surface area contributed by atoms with E-state index in [-0.39, 0.29) is 18.4 Å². The van der Waals surface area contributed by atoms with Crippen molar-refractivity contribution in [1.82, 2.24) is 15.1 Å². The first-order valence-electron chi connectivity index (χ1n) is 8.75. The Labute approximate surface area is 159 Å². The first kappa shape index (κ1) is 20.5. The molecule has 1 saturated heterocycles. The smallest absolute Gasteiger partial charge is 0.258 e. The highest BCUT2D eigenvalue weighted by Gasteiger charge is 2.14. The average molecular weight is 384 g/mol. The van der Waals surface area contributed by atoms with Crippen LogP contribution in [0.4, 0.5) is 0 Å². The Morgan fingerprint density at radius 3 is 2.58 bits per heavy atom. The molecule has 8 heteroatoms. The summed E-state index contributed by atoms with van der Waals surface area (Å²) in [6.45, 7) is 7.07. The van der Waals surface area contributed by atoms with Gasteiger partial charge in [-0.3, -0.25) is 14.5 Å². The summed E-state index contributed by atoms with van der Waals surface area (Å²) >= 11 is 5.80. The zero-order chi connectivity index (χ0) is 18.8. The summed E-state index contributed by atoms with van der Waals surface area (Å²) in [4.78, 5) is 27.6. The topological polar surface area (TPSA) is 71.1 Å². The van der Waals surface area contributed by atoms with Gasteiger partial charge in [-0.25, -0.2) is 0 Å². The van der Waals surface area contributed by atoms with Gasteiger partial charge in [0, 0.05) is 51.2 Å². The molecule has 1 aromatic carbocycles. The Kier molecular flexibility index (Phi) is 8.67. The van der Waals surface area contributed by atoms with E-state index in [0.29, 0.717) is 30.4 Å². The van der Waals surface area contributed by atoms with Gasteiger partial charge in [0.05, 0.1) is 13.2 Å². The third-order valence-corrected chi connectivity index (χ3v) is 4.37. The molecule has 144 valence electrons. The van der Waals surface area contributed by atoms with Crippen LogP contribution in [0.25, 0.3) is 0 Å². The van der Waals surface area contributed by atoms with Gasteiger partial charge < -0.3 is 19.7 Å². The highest BCUT2D eigenvalue weighted by atomic mass is 35.5. The molecule has 0 atom stereocenters. The molecule has 2 rings (SSSR count). The van der Waals surface area contributed by atoms with Crippen LogP contribution in [-0.2, 0) is 14.3 Å². The number of halogens is 1. The van der Waals surface area contributed by atoms with Gasteiger partial charge in [-0.05, 0) is 24.3 Å². The van der Waals surface area contributed by atoms with Gasteiger partial charge >= 0.3 is 0 Å². The van der Waals surface area contributed by atoms with Gasteiger partial charge in [-0.1, -0.05) is 11.6 Å². The van der Waals surface area contributed by atoms with Crippen LogP contribution in [0.2, 0.25) is 5.02 Å². The number of hydrogen-bond donors (Lipinski definition) is 1. The maximum absolute atomic E-state index is 11.9. The SMILES string of the molecule is CC(=O)N(CCNC(=O)COc1ccc(Cl)cc1)CCN1CCOCC1. The molecular weight excluding hydrogens is 358 g/mol. The van der Waals surface area contributed by atoms with Crippen LogP contribution in [0.5, 0.6) is 5.75 Å². The molecule has 2 amide bonds. The summed E-state index contributed by atoms with van der Waals surface area (Å²) in [7, 11) is 0. The first-order chi connectivity index (χ1) is 12.5. The molecular formula is C18H26ClN3O4. The number of carbonyl (C=O) groups is 2. The van der Waals surface area contributed by atoms with Crippen molar-refractivity contribution < 1.29 is 19.1 Å². The minimum absolute atomic E-state index is 0.00456. The number of nitrogens with one attached hydrogen (secondary N) is 1. The van der Waals surface area contributed by atoms with Gasteiger partial charge in [-0.2, -0.15) is 0 Å². The third-order valence-electron chi connectivity index (χ3n) is 4.12. The molecule has 0 aliphatic carbocycles. The molecule has 1 N–H and O–H groups in total. The Morgan fingerprint density at radius 1 is 1.23 bits per heavy atom. The van der Waals surface area contributed by atoms with Crippen molar-refractivity contribution in [1.29, 1.82) is 0 Å². The van der Waals surface area contributed by atoms with Crippen molar-refractivity contribution in [3.8, 4) is 5.75 Å². The van der Waals surface area contributed by atoms with Crippen LogP contribution in [0, 0.1) is 0 Å². The lowest BCUT2D eigenvalue weighted by Crippen LogP contribution is -2.45. The maximum atomic E-state index is 11.9. The van der Waals surface area contributed by atoms with Crippen LogP contribution in [-0.4, -0.2) is 80.7 Å². The number of rotatable bonds is 9. The molecule has 7 nitrogen and oxygen atoms in total. The standard InChI is InChI=1S/C18H26ClN3O4/c1-15(23)22(9-8-21-10-12-25-13-11-21)7-6-20-18(24)14-26-17-4-2-16(19)3-5-17/h2-5H,6-14H2,1H3,(H,20,24). The van der Waals surface area contributed by atoms with E-state index in [4.69, 9.17) is 21.1 Å². The first-order valence-corrected chi connectivity index (χ1v) is 9.13. The fourth-order valence-electron chi connectivity index (χ4n) is 2.57. The van der Waals surface area contributed by atoms with E-state index in [0.717, 1.165) is 32.8 Å². The van der Waals surface area contributed by atoms with E-state index < -0.39 is 0 Å². The van der Waals surface area contributed by atoms with Gasteiger partial charge in [0.1, 0.15) is 5.75 Å². The van der Waals surface area contributed by atoms with Crippen LogP contribution in [0.1, 0.15) is 6.92 Å². The predicted molar refractivity (Wildman–Crippen MR) is 99.5 cm³/mol. The number of morpholine rings is 1. The van der Waals surface area contributed by atoms with E-state index in [2.05, 4.69) is 10.2 Å². The van der Waals surface area contributed by atoms with Crippen molar-refractivity contribution in [2.45, 2.75) is 6.92 Å². The molecule has 1 heterocycles. The summed E-state index contributed by atoms with van der Waals surface area (Å²) in [5, 5.41) is 3.38. The number of nitrogens with zero attached hydrogens (tertiary/aromatic N) is 2. The zero-order valence-electron chi connectivity index (χ0n) is 15.1. The molecule has 1 aliphatic rings. The zero-order valence-corrected chi connectivity index (χ0v) is 15.8. The lowest BCUT2D eigenvalue weighted by Gasteiger charge is -2.29. The normalized spacial score (nSPS) is 14.7. The third kappa shape index (κ3) is 7.59. The minimum atomic E-state index is -0.225. The molecule has 1 fully saturated rings. The van der Waals surface area contributed by atoms with Crippen molar-refractivity contribution in [2.75, 3.05) is 59.1 Å². The number of benzene rings is 1. The van der Waals surface area contributed by atoms with Crippen LogP contribution < -0.4 is 10.1 Å². The monoisotopic (exact) mass is 383 g/mol. The quantitative estimate of drug-likeness (QED) is 0.689. The highest BCUT2D eigenvalue weighted by Crippen LogP contribution is 2.15. The molecule has 0 unspecified atom stereocenters. The molecule has 1 aliphatic heterocycles. The van der Waals surface area contributed by atoms with Gasteiger partial charge in [0.25, 0.3) is 5.91 Å². The summed E-state index contributed by atoms with van der Waals surface area (Å²) in [6, 6.07) is 6.82. The minimum Gasteiger partial charge on any atom is -0.484 e. The van der Waals surface area contributed by atoms with Crippen LogP contribution in [0.15, 0.2) is 24.3 Å². The van der Waals surface area contributed by atoms with Crippen molar-refractivity contribution in [3.63, 3.8) is 0 Å². The lowest BCUT2D eigenvalue weighted by atomic mass is 10.3. The molecule has 0 bridgehead atoms. The largest absolute Gasteiger partial charge is 0.484 e. The molecule has 0 radical (unpaired) electrons. The summed E-state index contributed by atoms with van der Waals surface area (Å²) < 4.78 is 10.7. The Hall–Kier alpha value is -1.83. The lowest BCUT2D eigenvalue weighted by molar-refractivity contribution is -0.130. The van der Waals surface area contributed by atoms with Crippen molar-refractivity contribution in [2.24, 2.45) is 0 Å². The molecule has 1 aromatic rings. The van der Waals surface area contributed by atoms with E-state index in [1.54, 1.807) is 36.1 Å². The predicted octanol–water partition coefficient (Wildman–Crippen LogP) is 1.02. The Bertz CT molecular complexity index is 576. The number of hydrogen-bond acceptors (Lipinski definition) is 5. The summed E-state index contributed by atoms with van der Waals surface area (Å²) in [6.07, 6.45) is 0. The summed E-state index contributed by atoms with van der Waals surface area (Å²) in [5.74, 6) is 0.363. The van der Waals surface area contributed by atoms with Gasteiger partial charge in [0.2, 0.25) is 5.91 Å². The molecule has 0 aromatic heterocycles. The van der Waals surface area contributed by atoms with Crippen LogP contribution >= 0.6 is 11.6 Å². The van der Waals surface area contributed by atoms with E-state index in [9.17, 15) is 9.59 Å². The van der Waals surface area contributed by atoms with Crippen molar-refractivity contribution in [3.05, 3.63) is 29.3 Å². The number of ether oxygens (including phenoxy) is 2. The highest BCUT2D eigenvalue weighted by molar-refractivity contribution is 6.30. The van der Waals surface area contributed by atoms with Crippen molar-refractivity contribution >= 4 is 23.4 Å². The molecule has 26 heavy (non-hydrogen) atoms. The Morgan fingerprint density at radius 2 is 1.92 bits per heavy atom. The van der Waals surface area contributed by atoms with Crippen LogP contribution in [0.3, 0.4) is 0 Å². The second kappa shape index (κ2) is 11.0. The molecule has 0 saturated carbocycles. The maximum Gasteiger partial charge on any atom is 0.258 e. The fourth-order valence-corrected chi connectivity index (χ4v) is 2.70. The van der Waals surface area contributed by atoms with Gasteiger partial charge in [0.15, 0.2) is 6.61 Å². The van der Waals surface area contributed by atoms with E-state index in [1.165, 1.54) is 0 Å². The number of carbonyl (C=O) groups excluding carboxylic acids is 2.